The first-order chi connectivity index (χ1) is 7.65. The summed E-state index contributed by atoms with van der Waals surface area (Å²) >= 11 is 4.85. The number of amides is 1. The van der Waals surface area contributed by atoms with E-state index in [-0.39, 0.29) is 16.8 Å². The molecule has 0 aliphatic carbocycles. The Hall–Kier alpha value is -0.680. The lowest BCUT2D eigenvalue weighted by Crippen LogP contribution is -2.38. The number of hydrogen-bond donors (Lipinski definition) is 2. The van der Waals surface area contributed by atoms with E-state index in [0.717, 1.165) is 26.1 Å². The monoisotopic (exact) mass is 244 g/mol. The minimum absolute atomic E-state index is 0.0473. The van der Waals surface area contributed by atoms with E-state index in [2.05, 4.69) is 5.32 Å². The van der Waals surface area contributed by atoms with Crippen molar-refractivity contribution in [1.82, 2.24) is 5.32 Å². The fourth-order valence-electron chi connectivity index (χ4n) is 1.85. The standard InChI is InChI=1S/C11H20N2O2S/c1-2-9(10(12)16)11(14)13-5-3-8-4-6-15-7-8/h8-9H,2-7H2,1H3,(H2,12,16)(H,13,14). The molecule has 4 nitrogen and oxygen atoms in total. The predicted molar refractivity (Wildman–Crippen MR) is 67.1 cm³/mol. The van der Waals surface area contributed by atoms with Gasteiger partial charge < -0.3 is 15.8 Å². The number of carbonyl (C=O) groups excluding carboxylic acids is 1. The van der Waals surface area contributed by atoms with Gasteiger partial charge in [0.1, 0.15) is 0 Å². The van der Waals surface area contributed by atoms with Crippen LogP contribution in [0.1, 0.15) is 26.2 Å². The molecule has 0 saturated carbocycles. The molecule has 16 heavy (non-hydrogen) atoms. The van der Waals surface area contributed by atoms with Crippen LogP contribution in [0.25, 0.3) is 0 Å². The highest BCUT2D eigenvalue weighted by Crippen LogP contribution is 2.15. The van der Waals surface area contributed by atoms with Gasteiger partial charge in [-0.25, -0.2) is 0 Å². The van der Waals surface area contributed by atoms with Crippen LogP contribution in [-0.2, 0) is 9.53 Å². The Balaban J connectivity index is 2.20. The SMILES string of the molecule is CCC(C(=O)NCCC1CCOC1)C(N)=S. The van der Waals surface area contributed by atoms with Crippen molar-refractivity contribution in [2.24, 2.45) is 17.6 Å². The Kier molecular flexibility index (Phi) is 5.69. The van der Waals surface area contributed by atoms with E-state index in [1.54, 1.807) is 0 Å². The minimum atomic E-state index is -0.324. The van der Waals surface area contributed by atoms with Crippen LogP contribution in [0.3, 0.4) is 0 Å². The number of nitrogens with one attached hydrogen (secondary N) is 1. The Labute approximate surface area is 102 Å². The summed E-state index contributed by atoms with van der Waals surface area (Å²) in [5.74, 6) is 0.217. The lowest BCUT2D eigenvalue weighted by molar-refractivity contribution is -0.123. The van der Waals surface area contributed by atoms with Gasteiger partial charge in [0.15, 0.2) is 0 Å². The Morgan fingerprint density at radius 3 is 2.94 bits per heavy atom. The first kappa shape index (κ1) is 13.4. The van der Waals surface area contributed by atoms with E-state index in [1.807, 2.05) is 6.92 Å². The topological polar surface area (TPSA) is 64.3 Å². The van der Waals surface area contributed by atoms with Gasteiger partial charge in [-0.2, -0.15) is 0 Å². The Bertz CT molecular complexity index is 252. The zero-order valence-electron chi connectivity index (χ0n) is 9.70. The number of carbonyl (C=O) groups is 1. The van der Waals surface area contributed by atoms with Gasteiger partial charge in [0.2, 0.25) is 5.91 Å². The van der Waals surface area contributed by atoms with Crippen molar-refractivity contribution in [2.45, 2.75) is 26.2 Å². The second-order valence-electron chi connectivity index (χ2n) is 4.17. The zero-order valence-corrected chi connectivity index (χ0v) is 10.5. The molecular weight excluding hydrogens is 224 g/mol. The highest BCUT2D eigenvalue weighted by atomic mass is 32.1. The minimum Gasteiger partial charge on any atom is -0.393 e. The summed E-state index contributed by atoms with van der Waals surface area (Å²) in [7, 11) is 0. The molecule has 0 aromatic rings. The van der Waals surface area contributed by atoms with Crippen LogP contribution in [0.15, 0.2) is 0 Å². The Morgan fingerprint density at radius 2 is 2.44 bits per heavy atom. The van der Waals surface area contributed by atoms with Gasteiger partial charge in [-0.05, 0) is 25.2 Å². The lowest BCUT2D eigenvalue weighted by atomic mass is 10.0. The van der Waals surface area contributed by atoms with Gasteiger partial charge in [-0.15, -0.1) is 0 Å². The molecule has 1 fully saturated rings. The van der Waals surface area contributed by atoms with Crippen molar-refractivity contribution in [3.05, 3.63) is 0 Å². The van der Waals surface area contributed by atoms with Crippen LogP contribution in [0.5, 0.6) is 0 Å². The Morgan fingerprint density at radius 1 is 1.69 bits per heavy atom. The molecule has 1 amide bonds. The number of rotatable bonds is 6. The molecule has 1 saturated heterocycles. The predicted octanol–water partition coefficient (Wildman–Crippen LogP) is 0.841. The second kappa shape index (κ2) is 6.81. The largest absolute Gasteiger partial charge is 0.393 e. The van der Waals surface area contributed by atoms with Crippen molar-refractivity contribution >= 4 is 23.1 Å². The van der Waals surface area contributed by atoms with Gasteiger partial charge in [0.05, 0.1) is 10.9 Å². The van der Waals surface area contributed by atoms with E-state index in [1.165, 1.54) is 0 Å². The molecule has 0 spiro atoms. The van der Waals surface area contributed by atoms with Gasteiger partial charge in [-0.3, -0.25) is 4.79 Å². The molecule has 1 aliphatic heterocycles. The molecule has 1 aliphatic rings. The summed E-state index contributed by atoms with van der Waals surface area (Å²) in [6, 6.07) is 0. The summed E-state index contributed by atoms with van der Waals surface area (Å²) in [6.07, 6.45) is 2.73. The first-order valence-corrected chi connectivity index (χ1v) is 6.20. The number of nitrogens with two attached hydrogens (primary N) is 1. The molecule has 2 unspecified atom stereocenters. The van der Waals surface area contributed by atoms with Gasteiger partial charge in [0.25, 0.3) is 0 Å². The van der Waals surface area contributed by atoms with Crippen LogP contribution in [0, 0.1) is 11.8 Å². The van der Waals surface area contributed by atoms with E-state index in [4.69, 9.17) is 22.7 Å². The molecule has 0 aromatic heterocycles. The quantitative estimate of drug-likeness (QED) is 0.680. The third kappa shape index (κ3) is 4.06. The summed E-state index contributed by atoms with van der Waals surface area (Å²) in [4.78, 5) is 12.0. The van der Waals surface area contributed by atoms with Crippen LogP contribution < -0.4 is 11.1 Å². The van der Waals surface area contributed by atoms with Crippen LogP contribution >= 0.6 is 12.2 Å². The smallest absolute Gasteiger partial charge is 0.229 e. The fraction of sp³-hybridized carbons (Fsp3) is 0.818. The molecule has 0 aromatic carbocycles. The molecule has 92 valence electrons. The summed E-state index contributed by atoms with van der Waals surface area (Å²) in [6.45, 7) is 4.27. The van der Waals surface area contributed by atoms with E-state index in [9.17, 15) is 4.79 Å². The van der Waals surface area contributed by atoms with Gasteiger partial charge >= 0.3 is 0 Å². The van der Waals surface area contributed by atoms with Crippen molar-refractivity contribution in [1.29, 1.82) is 0 Å². The molecule has 0 bridgehead atoms. The van der Waals surface area contributed by atoms with Crippen molar-refractivity contribution in [2.75, 3.05) is 19.8 Å². The summed E-state index contributed by atoms with van der Waals surface area (Å²) < 4.78 is 5.27. The van der Waals surface area contributed by atoms with Crippen molar-refractivity contribution in [3.63, 3.8) is 0 Å². The van der Waals surface area contributed by atoms with E-state index in [0.29, 0.717) is 18.9 Å². The highest BCUT2D eigenvalue weighted by Gasteiger charge is 2.20. The maximum atomic E-state index is 11.7. The molecule has 2 atom stereocenters. The number of hydrogen-bond acceptors (Lipinski definition) is 3. The van der Waals surface area contributed by atoms with E-state index >= 15 is 0 Å². The summed E-state index contributed by atoms with van der Waals surface area (Å²) in [5.41, 5.74) is 5.49. The van der Waals surface area contributed by atoms with Gasteiger partial charge in [0, 0.05) is 19.8 Å². The third-order valence-corrected chi connectivity index (χ3v) is 3.23. The summed E-state index contributed by atoms with van der Waals surface area (Å²) in [5, 5.41) is 2.88. The maximum Gasteiger partial charge on any atom is 0.229 e. The van der Waals surface area contributed by atoms with Crippen LogP contribution in [-0.4, -0.2) is 30.7 Å². The van der Waals surface area contributed by atoms with E-state index < -0.39 is 0 Å². The van der Waals surface area contributed by atoms with Crippen LogP contribution in [0.2, 0.25) is 0 Å². The molecular formula is C11H20N2O2S. The number of thiocarbonyl (C=S) groups is 1. The normalized spacial score (nSPS) is 21.7. The average molecular weight is 244 g/mol. The molecule has 0 radical (unpaired) electrons. The average Bonchev–Trinajstić information content (AvgIpc) is 2.71. The fourth-order valence-corrected chi connectivity index (χ4v) is 2.12. The maximum absolute atomic E-state index is 11.7. The molecule has 1 rings (SSSR count). The highest BCUT2D eigenvalue weighted by molar-refractivity contribution is 7.80. The van der Waals surface area contributed by atoms with Crippen molar-refractivity contribution in [3.8, 4) is 0 Å². The molecule has 5 heteroatoms. The zero-order chi connectivity index (χ0) is 12.0. The van der Waals surface area contributed by atoms with Crippen LogP contribution in [0.4, 0.5) is 0 Å². The second-order valence-corrected chi connectivity index (χ2v) is 4.64. The van der Waals surface area contributed by atoms with Crippen molar-refractivity contribution < 1.29 is 9.53 Å². The van der Waals surface area contributed by atoms with Gasteiger partial charge in [-0.1, -0.05) is 19.1 Å². The first-order valence-electron chi connectivity index (χ1n) is 5.80. The third-order valence-electron chi connectivity index (χ3n) is 2.94. The number of ether oxygens (including phenoxy) is 1. The lowest BCUT2D eigenvalue weighted by Gasteiger charge is -2.14. The molecule has 1 heterocycles. The molecule has 3 N–H and O–H groups in total.